The molecule has 0 radical (unpaired) electrons. The van der Waals surface area contributed by atoms with E-state index in [0.717, 1.165) is 0 Å². The summed E-state index contributed by atoms with van der Waals surface area (Å²) in [5.41, 5.74) is 0. The topological polar surface area (TPSA) is 15.8 Å². The molecule has 1 aromatic heterocycles. The van der Waals surface area contributed by atoms with E-state index in [1.807, 2.05) is 0 Å². The van der Waals surface area contributed by atoms with Gasteiger partial charge in [-0.1, -0.05) is 0 Å². The van der Waals surface area contributed by atoms with Crippen LogP contribution >= 0.6 is 11.8 Å². The Kier molecular flexibility index (Phi) is 2.10. The summed E-state index contributed by atoms with van der Waals surface area (Å²) < 4.78 is 23.1. The maximum atomic E-state index is 11.5. The second-order valence-electron chi connectivity index (χ2n) is 1.41. The second-order valence-corrected chi connectivity index (χ2v) is 2.44. The molecule has 9 heavy (non-hydrogen) atoms. The monoisotopic (exact) mass is 149 g/mol. The second kappa shape index (κ2) is 2.87. The van der Waals surface area contributed by atoms with Crippen LogP contribution in [0, 0.1) is 0 Å². The molecule has 1 rings (SSSR count). The van der Waals surface area contributed by atoms with Crippen LogP contribution in [0.25, 0.3) is 0 Å². The first-order valence-corrected chi connectivity index (χ1v) is 3.25. The third kappa shape index (κ3) is 2.05. The Morgan fingerprint density at radius 1 is 1.56 bits per heavy atom. The molecule has 0 aliphatic rings. The summed E-state index contributed by atoms with van der Waals surface area (Å²) in [6, 6.07) is 3.29. The van der Waals surface area contributed by atoms with Gasteiger partial charge >= 0.3 is 0 Å². The molecule has 0 saturated heterocycles. The Hall–Kier alpha value is -0.510. The highest BCUT2D eigenvalue weighted by atomic mass is 32.2. The largest absolute Gasteiger partial charge is 0.356 e. The Balaban J connectivity index is 2.48. The highest BCUT2D eigenvalue weighted by molar-refractivity contribution is 7.99. The smallest absolute Gasteiger partial charge is 0.290 e. The van der Waals surface area contributed by atoms with Gasteiger partial charge in [-0.25, -0.2) is 0 Å². The predicted molar refractivity (Wildman–Crippen MR) is 32.7 cm³/mol. The number of halogens is 2. The van der Waals surface area contributed by atoms with Gasteiger partial charge in [0.25, 0.3) is 5.76 Å². The van der Waals surface area contributed by atoms with Crippen LogP contribution in [0.4, 0.5) is 8.78 Å². The van der Waals surface area contributed by atoms with E-state index in [1.165, 1.54) is 0 Å². The van der Waals surface area contributed by atoms with E-state index in [-0.39, 0.29) is 0 Å². The Labute approximate surface area is 55.5 Å². The Morgan fingerprint density at radius 2 is 2.33 bits per heavy atom. The summed E-state index contributed by atoms with van der Waals surface area (Å²) in [6.07, 6.45) is 1.62. The van der Waals surface area contributed by atoms with E-state index in [4.69, 9.17) is 0 Å². The quantitative estimate of drug-likeness (QED) is 0.638. The van der Waals surface area contributed by atoms with Crippen LogP contribution in [-0.2, 0) is 0 Å². The van der Waals surface area contributed by atoms with Gasteiger partial charge in [-0.2, -0.15) is 8.78 Å². The number of H-pyrrole nitrogens is 1. The SMILES string of the molecule is FC(F)Sc1ccc[nH]1. The minimum Gasteiger partial charge on any atom is -0.356 e. The summed E-state index contributed by atoms with van der Waals surface area (Å²) in [4.78, 5) is 2.65. The molecule has 0 saturated carbocycles. The molecule has 4 heteroatoms. The van der Waals surface area contributed by atoms with Gasteiger partial charge in [0.2, 0.25) is 0 Å². The van der Waals surface area contributed by atoms with Gasteiger partial charge in [-0.05, 0) is 23.9 Å². The van der Waals surface area contributed by atoms with Crippen molar-refractivity contribution in [2.45, 2.75) is 10.8 Å². The number of hydrogen-bond donors (Lipinski definition) is 1. The average Bonchev–Trinajstić information content (AvgIpc) is 2.15. The standard InChI is InChI=1S/C5H5F2NS/c6-5(7)9-4-2-1-3-8-4/h1-3,5,8H. The third-order valence-corrected chi connectivity index (χ3v) is 1.47. The molecule has 0 atom stereocenters. The van der Waals surface area contributed by atoms with Crippen molar-refractivity contribution in [1.82, 2.24) is 4.98 Å². The molecule has 0 aliphatic carbocycles. The summed E-state index contributed by atoms with van der Waals surface area (Å²) >= 11 is 0.516. The van der Waals surface area contributed by atoms with Crippen molar-refractivity contribution < 1.29 is 8.78 Å². The summed E-state index contributed by atoms with van der Waals surface area (Å²) in [6.45, 7) is 0. The lowest BCUT2D eigenvalue weighted by atomic mass is 10.7. The van der Waals surface area contributed by atoms with E-state index < -0.39 is 5.76 Å². The number of thioether (sulfide) groups is 1. The Bertz CT molecular complexity index is 161. The lowest BCUT2D eigenvalue weighted by Crippen LogP contribution is -1.79. The Morgan fingerprint density at radius 3 is 2.78 bits per heavy atom. The van der Waals surface area contributed by atoms with Crippen molar-refractivity contribution >= 4 is 11.8 Å². The fourth-order valence-corrected chi connectivity index (χ4v) is 0.968. The molecule has 0 bridgehead atoms. The minimum atomic E-state index is -2.33. The molecule has 1 N–H and O–H groups in total. The molecular formula is C5H5F2NS. The zero-order valence-corrected chi connectivity index (χ0v) is 5.29. The summed E-state index contributed by atoms with van der Waals surface area (Å²) in [7, 11) is 0. The van der Waals surface area contributed by atoms with Crippen LogP contribution in [0.2, 0.25) is 0 Å². The van der Waals surface area contributed by atoms with Crippen LogP contribution in [-0.4, -0.2) is 10.7 Å². The number of hydrogen-bond acceptors (Lipinski definition) is 1. The van der Waals surface area contributed by atoms with Crippen molar-refractivity contribution in [3.8, 4) is 0 Å². The van der Waals surface area contributed by atoms with Crippen molar-refractivity contribution in [2.75, 3.05) is 0 Å². The van der Waals surface area contributed by atoms with Crippen molar-refractivity contribution in [3.63, 3.8) is 0 Å². The first-order valence-electron chi connectivity index (χ1n) is 2.37. The van der Waals surface area contributed by atoms with Crippen LogP contribution in [0.5, 0.6) is 0 Å². The molecule has 50 valence electrons. The van der Waals surface area contributed by atoms with Crippen LogP contribution in [0.3, 0.4) is 0 Å². The number of aromatic amines is 1. The maximum absolute atomic E-state index is 11.5. The molecular weight excluding hydrogens is 144 g/mol. The van der Waals surface area contributed by atoms with E-state index in [2.05, 4.69) is 4.98 Å². The lowest BCUT2D eigenvalue weighted by molar-refractivity contribution is 0.252. The van der Waals surface area contributed by atoms with Gasteiger partial charge < -0.3 is 4.98 Å². The number of nitrogens with one attached hydrogen (secondary N) is 1. The molecule has 1 heterocycles. The van der Waals surface area contributed by atoms with Gasteiger partial charge in [0.15, 0.2) is 0 Å². The van der Waals surface area contributed by atoms with Crippen LogP contribution in [0.15, 0.2) is 23.4 Å². The van der Waals surface area contributed by atoms with Gasteiger partial charge in [-0.3, -0.25) is 0 Å². The zero-order chi connectivity index (χ0) is 6.69. The number of rotatable bonds is 2. The van der Waals surface area contributed by atoms with Crippen LogP contribution < -0.4 is 0 Å². The normalized spacial score (nSPS) is 10.6. The zero-order valence-electron chi connectivity index (χ0n) is 4.47. The van der Waals surface area contributed by atoms with Gasteiger partial charge in [0.1, 0.15) is 0 Å². The molecule has 1 aromatic rings. The predicted octanol–water partition coefficient (Wildman–Crippen LogP) is 2.33. The first kappa shape index (κ1) is 6.61. The van der Waals surface area contributed by atoms with Crippen molar-refractivity contribution in [1.29, 1.82) is 0 Å². The third-order valence-electron chi connectivity index (χ3n) is 0.785. The maximum Gasteiger partial charge on any atom is 0.290 e. The van der Waals surface area contributed by atoms with Crippen molar-refractivity contribution in [3.05, 3.63) is 18.3 Å². The minimum absolute atomic E-state index is 0.505. The summed E-state index contributed by atoms with van der Waals surface area (Å²) in [5.74, 6) is -2.33. The van der Waals surface area contributed by atoms with Gasteiger partial charge in [0.05, 0.1) is 5.03 Å². The highest BCUT2D eigenvalue weighted by Gasteiger charge is 2.03. The fourth-order valence-electron chi connectivity index (χ4n) is 0.483. The number of alkyl halides is 2. The fraction of sp³-hybridized carbons (Fsp3) is 0.200. The molecule has 0 unspecified atom stereocenters. The lowest BCUT2D eigenvalue weighted by Gasteiger charge is -1.92. The highest BCUT2D eigenvalue weighted by Crippen LogP contribution is 2.22. The average molecular weight is 149 g/mol. The first-order chi connectivity index (χ1) is 4.29. The molecule has 0 spiro atoms. The number of aromatic nitrogens is 1. The van der Waals surface area contributed by atoms with E-state index in [1.54, 1.807) is 18.3 Å². The molecule has 0 aliphatic heterocycles. The van der Waals surface area contributed by atoms with E-state index >= 15 is 0 Å². The van der Waals surface area contributed by atoms with Gasteiger partial charge in [-0.15, -0.1) is 0 Å². The van der Waals surface area contributed by atoms with E-state index in [0.29, 0.717) is 16.8 Å². The van der Waals surface area contributed by atoms with Gasteiger partial charge in [0, 0.05) is 6.20 Å². The van der Waals surface area contributed by atoms with E-state index in [9.17, 15) is 8.78 Å². The van der Waals surface area contributed by atoms with Crippen molar-refractivity contribution in [2.24, 2.45) is 0 Å². The molecule has 1 nitrogen and oxygen atoms in total. The summed E-state index contributed by atoms with van der Waals surface area (Å²) in [5, 5.41) is 0.505. The molecule has 0 amide bonds. The molecule has 0 aromatic carbocycles. The van der Waals surface area contributed by atoms with Crippen LogP contribution in [0.1, 0.15) is 0 Å². The molecule has 0 fully saturated rings.